The van der Waals surface area contributed by atoms with Crippen LogP contribution in [0.1, 0.15) is 19.3 Å². The number of hydrogen-bond donors (Lipinski definition) is 2. The molecule has 2 unspecified atom stereocenters. The molecule has 0 bridgehead atoms. The zero-order valence-electron chi connectivity index (χ0n) is 11.3. The minimum atomic E-state index is 0.239. The van der Waals surface area contributed by atoms with Gasteiger partial charge >= 0.3 is 0 Å². The third-order valence-electron chi connectivity index (χ3n) is 3.58. The lowest BCUT2D eigenvalue weighted by molar-refractivity contribution is 0.0897. The first-order chi connectivity index (χ1) is 9.13. The van der Waals surface area contributed by atoms with Gasteiger partial charge in [0, 0.05) is 20.7 Å². The molecule has 2 aliphatic rings. The van der Waals surface area contributed by atoms with Crippen LogP contribution in [0, 0.1) is 5.92 Å². The number of nitrogens with two attached hydrogens (primary N) is 1. The van der Waals surface area contributed by atoms with Crippen LogP contribution in [0.15, 0.2) is 0 Å². The van der Waals surface area contributed by atoms with Gasteiger partial charge in [-0.2, -0.15) is 15.0 Å². The molecule has 104 valence electrons. The van der Waals surface area contributed by atoms with Gasteiger partial charge in [0.25, 0.3) is 0 Å². The van der Waals surface area contributed by atoms with Crippen molar-refractivity contribution < 1.29 is 4.74 Å². The second-order valence-corrected chi connectivity index (χ2v) is 5.42. The molecule has 0 spiro atoms. The van der Waals surface area contributed by atoms with E-state index in [1.54, 1.807) is 0 Å². The van der Waals surface area contributed by atoms with Crippen molar-refractivity contribution in [3.8, 4) is 0 Å². The van der Waals surface area contributed by atoms with Crippen molar-refractivity contribution in [2.75, 3.05) is 36.7 Å². The van der Waals surface area contributed by atoms with Crippen LogP contribution < -0.4 is 16.0 Å². The van der Waals surface area contributed by atoms with Crippen molar-refractivity contribution in [3.63, 3.8) is 0 Å². The fourth-order valence-corrected chi connectivity index (χ4v) is 2.47. The first kappa shape index (κ1) is 12.4. The zero-order chi connectivity index (χ0) is 13.4. The summed E-state index contributed by atoms with van der Waals surface area (Å²) in [5.74, 6) is 2.05. The van der Waals surface area contributed by atoms with Crippen LogP contribution in [0.3, 0.4) is 0 Å². The lowest BCUT2D eigenvalue weighted by Gasteiger charge is -2.20. The van der Waals surface area contributed by atoms with Gasteiger partial charge in [-0.1, -0.05) is 0 Å². The molecule has 3 rings (SSSR count). The molecule has 7 nitrogen and oxygen atoms in total. The van der Waals surface area contributed by atoms with E-state index >= 15 is 0 Å². The van der Waals surface area contributed by atoms with Crippen LogP contribution in [0.4, 0.5) is 17.8 Å². The van der Waals surface area contributed by atoms with E-state index in [2.05, 4.69) is 20.3 Å². The van der Waals surface area contributed by atoms with Gasteiger partial charge in [-0.3, -0.25) is 0 Å². The molecule has 3 N–H and O–H groups in total. The summed E-state index contributed by atoms with van der Waals surface area (Å²) in [7, 11) is 3.76. The Bertz CT molecular complexity index is 462. The summed E-state index contributed by atoms with van der Waals surface area (Å²) in [5, 5.41) is 3.35. The van der Waals surface area contributed by atoms with E-state index in [0.29, 0.717) is 23.9 Å². The molecule has 0 aromatic carbocycles. The molecule has 0 amide bonds. The Balaban J connectivity index is 1.75. The van der Waals surface area contributed by atoms with Gasteiger partial charge in [0.2, 0.25) is 17.8 Å². The molecule has 7 heteroatoms. The van der Waals surface area contributed by atoms with Crippen molar-refractivity contribution in [3.05, 3.63) is 0 Å². The quantitative estimate of drug-likeness (QED) is 0.818. The lowest BCUT2D eigenvalue weighted by atomic mass is 10.1. The predicted molar refractivity (Wildman–Crippen MR) is 73.1 cm³/mol. The molecule has 1 aliphatic heterocycles. The summed E-state index contributed by atoms with van der Waals surface area (Å²) in [6.45, 7) is 0.805. The Morgan fingerprint density at radius 3 is 2.68 bits per heavy atom. The number of aromatic nitrogens is 3. The maximum atomic E-state index is 5.79. The third kappa shape index (κ3) is 2.70. The standard InChI is InChI=1S/C12H20N6O/c1-18(2)12-16-10(13)15-11(17-12)14-8-5-6-19-9(8)7-3-4-7/h7-9H,3-6H2,1-2H3,(H3,13,14,15,16,17). The van der Waals surface area contributed by atoms with Crippen LogP contribution >= 0.6 is 0 Å². The minimum Gasteiger partial charge on any atom is -0.376 e. The summed E-state index contributed by atoms with van der Waals surface area (Å²) >= 11 is 0. The van der Waals surface area contributed by atoms with Gasteiger partial charge in [-0.05, 0) is 25.2 Å². The summed E-state index contributed by atoms with van der Waals surface area (Å²) in [5.41, 5.74) is 5.72. The number of nitrogens with one attached hydrogen (secondary N) is 1. The van der Waals surface area contributed by atoms with Crippen molar-refractivity contribution in [1.29, 1.82) is 0 Å². The van der Waals surface area contributed by atoms with Gasteiger partial charge in [0.1, 0.15) is 0 Å². The zero-order valence-corrected chi connectivity index (χ0v) is 11.3. The highest BCUT2D eigenvalue weighted by Crippen LogP contribution is 2.39. The Kier molecular flexibility index (Phi) is 3.14. The van der Waals surface area contributed by atoms with Crippen LogP contribution in [0.5, 0.6) is 0 Å². The van der Waals surface area contributed by atoms with Crippen LogP contribution in [-0.4, -0.2) is 47.8 Å². The van der Waals surface area contributed by atoms with E-state index in [1.165, 1.54) is 12.8 Å². The first-order valence-electron chi connectivity index (χ1n) is 6.70. The molecule has 2 heterocycles. The van der Waals surface area contributed by atoms with Gasteiger partial charge < -0.3 is 20.7 Å². The molecule has 0 radical (unpaired) electrons. The first-order valence-corrected chi connectivity index (χ1v) is 6.70. The van der Waals surface area contributed by atoms with E-state index < -0.39 is 0 Å². The SMILES string of the molecule is CN(C)c1nc(N)nc(NC2CCOC2C2CC2)n1. The van der Waals surface area contributed by atoms with Crippen molar-refractivity contribution >= 4 is 17.8 Å². The minimum absolute atomic E-state index is 0.239. The molecule has 1 saturated heterocycles. The smallest absolute Gasteiger partial charge is 0.231 e. The molecule has 2 fully saturated rings. The largest absolute Gasteiger partial charge is 0.376 e. The molecule has 1 aliphatic carbocycles. The fraction of sp³-hybridized carbons (Fsp3) is 0.750. The van der Waals surface area contributed by atoms with E-state index in [4.69, 9.17) is 10.5 Å². The van der Waals surface area contributed by atoms with Crippen LogP contribution in [0.2, 0.25) is 0 Å². The fourth-order valence-electron chi connectivity index (χ4n) is 2.47. The van der Waals surface area contributed by atoms with Gasteiger partial charge in [0.05, 0.1) is 12.1 Å². The molecule has 1 aromatic heterocycles. The summed E-state index contributed by atoms with van der Waals surface area (Å²) in [6.07, 6.45) is 3.82. The lowest BCUT2D eigenvalue weighted by Crippen LogP contribution is -2.32. The number of anilines is 3. The van der Waals surface area contributed by atoms with E-state index in [1.807, 2.05) is 19.0 Å². The summed E-state index contributed by atoms with van der Waals surface area (Å²) in [4.78, 5) is 14.4. The van der Waals surface area contributed by atoms with Gasteiger partial charge in [0.15, 0.2) is 0 Å². The Labute approximate surface area is 112 Å². The van der Waals surface area contributed by atoms with E-state index in [0.717, 1.165) is 13.0 Å². The Morgan fingerprint density at radius 2 is 2.00 bits per heavy atom. The number of nitrogens with zero attached hydrogens (tertiary/aromatic N) is 4. The summed E-state index contributed by atoms with van der Waals surface area (Å²) in [6, 6.07) is 0.282. The maximum Gasteiger partial charge on any atom is 0.231 e. The molecular weight excluding hydrogens is 244 g/mol. The van der Waals surface area contributed by atoms with Crippen LogP contribution in [-0.2, 0) is 4.74 Å². The Hall–Kier alpha value is -1.63. The topological polar surface area (TPSA) is 89.2 Å². The highest BCUT2D eigenvalue weighted by molar-refractivity contribution is 5.41. The maximum absolute atomic E-state index is 5.79. The monoisotopic (exact) mass is 264 g/mol. The highest BCUT2D eigenvalue weighted by Gasteiger charge is 2.40. The van der Waals surface area contributed by atoms with E-state index in [9.17, 15) is 0 Å². The second-order valence-electron chi connectivity index (χ2n) is 5.42. The molecule has 19 heavy (non-hydrogen) atoms. The normalized spacial score (nSPS) is 26.4. The molecular formula is C12H20N6O. The average molecular weight is 264 g/mol. The van der Waals surface area contributed by atoms with E-state index in [-0.39, 0.29) is 12.0 Å². The van der Waals surface area contributed by atoms with Gasteiger partial charge in [-0.15, -0.1) is 0 Å². The molecule has 2 atom stereocenters. The van der Waals surface area contributed by atoms with Crippen molar-refractivity contribution in [1.82, 2.24) is 15.0 Å². The number of ether oxygens (including phenoxy) is 1. The number of hydrogen-bond acceptors (Lipinski definition) is 7. The number of rotatable bonds is 4. The van der Waals surface area contributed by atoms with Crippen LogP contribution in [0.25, 0.3) is 0 Å². The molecule has 1 aromatic rings. The number of nitrogen functional groups attached to an aromatic ring is 1. The Morgan fingerprint density at radius 1 is 1.21 bits per heavy atom. The summed E-state index contributed by atoms with van der Waals surface area (Å²) < 4.78 is 5.79. The molecule has 1 saturated carbocycles. The average Bonchev–Trinajstić information content (AvgIpc) is 3.10. The predicted octanol–water partition coefficient (Wildman–Crippen LogP) is 0.499. The highest BCUT2D eigenvalue weighted by atomic mass is 16.5. The van der Waals surface area contributed by atoms with Crippen molar-refractivity contribution in [2.45, 2.75) is 31.4 Å². The third-order valence-corrected chi connectivity index (χ3v) is 3.58. The second kappa shape index (κ2) is 4.80. The van der Waals surface area contributed by atoms with Crippen molar-refractivity contribution in [2.24, 2.45) is 5.92 Å². The van der Waals surface area contributed by atoms with Gasteiger partial charge in [-0.25, -0.2) is 0 Å².